The third kappa shape index (κ3) is 19.8. The Bertz CT molecular complexity index is 682. The molecule has 0 saturated carbocycles. The van der Waals surface area contributed by atoms with Gasteiger partial charge in [-0.1, -0.05) is 86.5 Å². The van der Waals surface area contributed by atoms with Gasteiger partial charge in [-0.2, -0.15) is 0 Å². The Hall–Kier alpha value is -2.16. The van der Waals surface area contributed by atoms with Crippen molar-refractivity contribution >= 4 is 24.3 Å². The highest BCUT2D eigenvalue weighted by Crippen LogP contribution is 2.16. The van der Waals surface area contributed by atoms with Crippen LogP contribution in [0.15, 0.2) is 0 Å². The lowest BCUT2D eigenvalue weighted by atomic mass is 10.1. The van der Waals surface area contributed by atoms with Gasteiger partial charge in [0.25, 0.3) is 6.47 Å². The zero-order chi connectivity index (χ0) is 30.2. The van der Waals surface area contributed by atoms with Gasteiger partial charge in [-0.15, -0.1) is 0 Å². The molecular weight excluding hydrogens is 514 g/mol. The van der Waals surface area contributed by atoms with E-state index in [4.69, 9.17) is 18.9 Å². The Labute approximate surface area is 243 Å². The number of rotatable bonds is 26. The van der Waals surface area contributed by atoms with Crippen LogP contribution >= 0.6 is 0 Å². The maximum absolute atomic E-state index is 13.1. The fourth-order valence-corrected chi connectivity index (χ4v) is 4.15. The molecule has 0 aromatic heterocycles. The van der Waals surface area contributed by atoms with E-state index in [2.05, 4.69) is 13.8 Å². The zero-order valence-corrected chi connectivity index (χ0v) is 26.1. The van der Waals surface area contributed by atoms with Gasteiger partial charge in [-0.05, 0) is 31.1 Å². The second kappa shape index (κ2) is 24.6. The molecule has 234 valence electrons. The average Bonchev–Trinajstić information content (AvgIpc) is 2.92. The number of unbranched alkanes of at least 4 members (excludes halogenated alkanes) is 6. The highest BCUT2D eigenvalue weighted by molar-refractivity contribution is 5.88. The molecule has 0 bridgehead atoms. The van der Waals surface area contributed by atoms with Crippen molar-refractivity contribution in [3.05, 3.63) is 0 Å². The molecule has 0 aromatic carbocycles. The van der Waals surface area contributed by atoms with Crippen molar-refractivity contribution < 1.29 is 38.1 Å². The minimum atomic E-state index is -1.13. The van der Waals surface area contributed by atoms with Crippen LogP contribution < -0.4 is 0 Å². The first kappa shape index (κ1) is 37.8. The molecule has 1 amide bonds. The SMILES string of the molecule is CCCCCCCCCC(CC)OCCCN(C(=O)CCOC=O)[C@@H](CC(=O)OCC(C)C)C(=O)OCC(C)C. The molecule has 0 radical (unpaired) electrons. The predicted molar refractivity (Wildman–Crippen MR) is 156 cm³/mol. The van der Waals surface area contributed by atoms with E-state index in [-0.39, 0.29) is 63.6 Å². The number of carbonyl (C=O) groups excluding carboxylic acids is 4. The Balaban J connectivity index is 5.21. The molecule has 0 aromatic rings. The molecule has 0 aliphatic carbocycles. The van der Waals surface area contributed by atoms with Crippen molar-refractivity contribution in [3.63, 3.8) is 0 Å². The zero-order valence-electron chi connectivity index (χ0n) is 26.1. The van der Waals surface area contributed by atoms with Gasteiger partial charge in [0.2, 0.25) is 5.91 Å². The van der Waals surface area contributed by atoms with Crippen LogP contribution in [0.4, 0.5) is 0 Å². The van der Waals surface area contributed by atoms with Crippen molar-refractivity contribution in [3.8, 4) is 0 Å². The Morgan fingerprint density at radius 3 is 2.02 bits per heavy atom. The van der Waals surface area contributed by atoms with Gasteiger partial charge in [0.05, 0.1) is 38.8 Å². The fraction of sp³-hybridized carbons (Fsp3) is 0.871. The summed E-state index contributed by atoms with van der Waals surface area (Å²) in [6, 6.07) is -1.13. The summed E-state index contributed by atoms with van der Waals surface area (Å²) in [6.07, 6.45) is 10.9. The van der Waals surface area contributed by atoms with E-state index < -0.39 is 23.9 Å². The van der Waals surface area contributed by atoms with Gasteiger partial charge in [0, 0.05) is 13.2 Å². The largest absolute Gasteiger partial charge is 0.467 e. The van der Waals surface area contributed by atoms with Crippen LogP contribution in [0, 0.1) is 11.8 Å². The second-order valence-corrected chi connectivity index (χ2v) is 11.3. The molecule has 9 nitrogen and oxygen atoms in total. The third-order valence-electron chi connectivity index (χ3n) is 6.45. The van der Waals surface area contributed by atoms with Gasteiger partial charge in [0.1, 0.15) is 6.04 Å². The summed E-state index contributed by atoms with van der Waals surface area (Å²) >= 11 is 0. The number of hydrogen-bond acceptors (Lipinski definition) is 8. The normalized spacial score (nSPS) is 12.7. The molecule has 0 N–H and O–H groups in total. The Morgan fingerprint density at radius 2 is 1.43 bits per heavy atom. The van der Waals surface area contributed by atoms with Crippen LogP contribution in [-0.4, -0.2) is 74.3 Å². The molecule has 0 aliphatic heterocycles. The minimum Gasteiger partial charge on any atom is -0.467 e. The number of amides is 1. The molecule has 0 aliphatic rings. The Kier molecular flexibility index (Phi) is 23.3. The van der Waals surface area contributed by atoms with Crippen molar-refractivity contribution in [2.24, 2.45) is 11.8 Å². The molecule has 0 saturated heterocycles. The topological polar surface area (TPSA) is 108 Å². The van der Waals surface area contributed by atoms with Gasteiger partial charge in [-0.25, -0.2) is 4.79 Å². The van der Waals surface area contributed by atoms with Crippen LogP contribution in [0.5, 0.6) is 0 Å². The monoisotopic (exact) mass is 571 g/mol. The molecule has 0 rings (SSSR count). The van der Waals surface area contributed by atoms with E-state index in [1.54, 1.807) is 0 Å². The first-order valence-electron chi connectivity index (χ1n) is 15.4. The first-order valence-corrected chi connectivity index (χ1v) is 15.4. The van der Waals surface area contributed by atoms with Crippen molar-refractivity contribution in [2.45, 2.75) is 131 Å². The van der Waals surface area contributed by atoms with Gasteiger partial charge in [-0.3, -0.25) is 14.4 Å². The first-order chi connectivity index (χ1) is 19.2. The van der Waals surface area contributed by atoms with Crippen LogP contribution in [-0.2, 0) is 38.1 Å². The number of ether oxygens (including phenoxy) is 4. The summed E-state index contributed by atoms with van der Waals surface area (Å²) in [5, 5.41) is 0. The van der Waals surface area contributed by atoms with Crippen molar-refractivity contribution in [1.29, 1.82) is 0 Å². The molecule has 2 atom stereocenters. The fourth-order valence-electron chi connectivity index (χ4n) is 4.15. The van der Waals surface area contributed by atoms with E-state index in [1.165, 1.54) is 43.4 Å². The summed E-state index contributed by atoms with van der Waals surface area (Å²) in [7, 11) is 0. The summed E-state index contributed by atoms with van der Waals surface area (Å²) < 4.78 is 21.6. The van der Waals surface area contributed by atoms with E-state index >= 15 is 0 Å². The summed E-state index contributed by atoms with van der Waals surface area (Å²) in [4.78, 5) is 50.7. The minimum absolute atomic E-state index is 0.0957. The summed E-state index contributed by atoms with van der Waals surface area (Å²) in [5.74, 6) is -1.39. The van der Waals surface area contributed by atoms with Gasteiger partial charge >= 0.3 is 11.9 Å². The predicted octanol–water partition coefficient (Wildman–Crippen LogP) is 5.86. The maximum atomic E-state index is 13.1. The van der Waals surface area contributed by atoms with E-state index in [9.17, 15) is 19.2 Å². The number of hydrogen-bond donors (Lipinski definition) is 0. The molecular formula is C31H57NO8. The van der Waals surface area contributed by atoms with E-state index in [1.807, 2.05) is 27.7 Å². The smallest absolute Gasteiger partial charge is 0.329 e. The summed E-state index contributed by atoms with van der Waals surface area (Å²) in [6.45, 7) is 13.2. The lowest BCUT2D eigenvalue weighted by Gasteiger charge is -2.30. The molecule has 0 spiro atoms. The maximum Gasteiger partial charge on any atom is 0.329 e. The Morgan fingerprint density at radius 1 is 0.800 bits per heavy atom. The third-order valence-corrected chi connectivity index (χ3v) is 6.45. The van der Waals surface area contributed by atoms with Crippen LogP contribution in [0.25, 0.3) is 0 Å². The van der Waals surface area contributed by atoms with Crippen molar-refractivity contribution in [2.75, 3.05) is 33.0 Å². The molecule has 0 fully saturated rings. The lowest BCUT2D eigenvalue weighted by molar-refractivity contribution is -0.161. The molecule has 1 unspecified atom stereocenters. The van der Waals surface area contributed by atoms with Crippen LogP contribution in [0.3, 0.4) is 0 Å². The quantitative estimate of drug-likeness (QED) is 0.0550. The lowest BCUT2D eigenvalue weighted by Crippen LogP contribution is -2.48. The van der Waals surface area contributed by atoms with Crippen LogP contribution in [0.2, 0.25) is 0 Å². The molecule has 0 heterocycles. The summed E-state index contributed by atoms with van der Waals surface area (Å²) in [5.41, 5.74) is 0. The van der Waals surface area contributed by atoms with E-state index in [0.29, 0.717) is 13.0 Å². The van der Waals surface area contributed by atoms with Crippen molar-refractivity contribution in [1.82, 2.24) is 4.90 Å². The highest BCUT2D eigenvalue weighted by atomic mass is 16.5. The molecule has 9 heteroatoms. The van der Waals surface area contributed by atoms with E-state index in [0.717, 1.165) is 19.3 Å². The number of esters is 2. The van der Waals surface area contributed by atoms with Gasteiger partial charge < -0.3 is 23.8 Å². The second-order valence-electron chi connectivity index (χ2n) is 11.3. The standard InChI is InChI=1S/C31H57NO8/c1-7-9-10-11-12-13-14-16-27(8-2)38-19-15-18-32(29(34)17-20-37-24-33)28(31(36)40-23-26(5)6)21-30(35)39-22-25(3)4/h24-28H,7-23H2,1-6H3/t27?,28-/m0/s1. The molecule has 40 heavy (non-hydrogen) atoms. The number of carbonyl (C=O) groups is 4. The highest BCUT2D eigenvalue weighted by Gasteiger charge is 2.33. The van der Waals surface area contributed by atoms with Gasteiger partial charge in [0.15, 0.2) is 0 Å². The number of nitrogens with zero attached hydrogens (tertiary/aromatic N) is 1. The average molecular weight is 572 g/mol. The van der Waals surface area contributed by atoms with Crippen LogP contribution in [0.1, 0.15) is 119 Å².